The average molecular weight is 363 g/mol. The smallest absolute Gasteiger partial charge is 0.256 e. The predicted octanol–water partition coefficient (Wildman–Crippen LogP) is 2.33. The second-order valence-corrected chi connectivity index (χ2v) is 7.89. The number of carbonyl (C=O) groups is 1. The van der Waals surface area contributed by atoms with Gasteiger partial charge in [0.05, 0.1) is 0 Å². The molecular formula is C19H25NO6. The Morgan fingerprint density at radius 1 is 0.923 bits per heavy atom. The van der Waals surface area contributed by atoms with E-state index in [0.717, 1.165) is 11.3 Å². The van der Waals surface area contributed by atoms with E-state index in [1.807, 2.05) is 58.9 Å². The molecule has 0 aromatic heterocycles. The van der Waals surface area contributed by atoms with Crippen molar-refractivity contribution in [1.82, 2.24) is 0 Å². The second-order valence-electron chi connectivity index (χ2n) is 7.89. The third-order valence-electron chi connectivity index (χ3n) is 4.82. The zero-order valence-electron chi connectivity index (χ0n) is 15.6. The van der Waals surface area contributed by atoms with Crippen LogP contribution in [-0.2, 0) is 28.5 Å². The first-order valence-corrected chi connectivity index (χ1v) is 8.88. The van der Waals surface area contributed by atoms with E-state index in [9.17, 15) is 4.79 Å². The maximum Gasteiger partial charge on any atom is 0.256 e. The minimum atomic E-state index is -0.861. The molecule has 0 unspecified atom stereocenters. The molecule has 3 aliphatic heterocycles. The molecule has 142 valence electrons. The molecule has 0 aliphatic carbocycles. The Kier molecular flexibility index (Phi) is 4.13. The molecular weight excluding hydrogens is 338 g/mol. The summed E-state index contributed by atoms with van der Waals surface area (Å²) in [6.07, 6.45) is -3.01. The highest BCUT2D eigenvalue weighted by molar-refractivity contribution is 5.95. The summed E-state index contributed by atoms with van der Waals surface area (Å²) >= 11 is 0. The molecule has 1 aromatic rings. The summed E-state index contributed by atoms with van der Waals surface area (Å²) in [6.45, 7) is 9.19. The monoisotopic (exact) mass is 363 g/mol. The first kappa shape index (κ1) is 17.9. The molecule has 0 bridgehead atoms. The fraction of sp³-hybridized carbons (Fsp3) is 0.632. The van der Waals surface area contributed by atoms with Crippen molar-refractivity contribution in [3.05, 3.63) is 29.8 Å². The fourth-order valence-electron chi connectivity index (χ4n) is 3.74. The molecule has 7 nitrogen and oxygen atoms in total. The Hall–Kier alpha value is -1.51. The summed E-state index contributed by atoms with van der Waals surface area (Å²) in [6, 6.07) is 7.58. The second kappa shape index (κ2) is 6.00. The number of benzene rings is 1. The molecule has 3 aliphatic rings. The van der Waals surface area contributed by atoms with Crippen LogP contribution in [0, 0.1) is 6.92 Å². The number of anilines is 1. The van der Waals surface area contributed by atoms with E-state index in [2.05, 4.69) is 5.32 Å². The number of aryl methyl sites for hydroxylation is 1. The Morgan fingerprint density at radius 2 is 1.54 bits per heavy atom. The highest BCUT2D eigenvalue weighted by Gasteiger charge is 2.62. The molecule has 4 rings (SSSR count). The number of amides is 1. The maximum atomic E-state index is 13.0. The van der Waals surface area contributed by atoms with E-state index < -0.39 is 42.3 Å². The highest BCUT2D eigenvalue weighted by atomic mass is 16.9. The van der Waals surface area contributed by atoms with Crippen LogP contribution >= 0.6 is 0 Å². The van der Waals surface area contributed by atoms with Crippen molar-refractivity contribution in [1.29, 1.82) is 0 Å². The lowest BCUT2D eigenvalue weighted by atomic mass is 9.98. The molecule has 1 N–H and O–H groups in total. The van der Waals surface area contributed by atoms with Gasteiger partial charge >= 0.3 is 0 Å². The third kappa shape index (κ3) is 3.14. The first-order valence-electron chi connectivity index (χ1n) is 8.88. The first-order chi connectivity index (χ1) is 12.2. The van der Waals surface area contributed by atoms with Crippen molar-refractivity contribution in [2.24, 2.45) is 0 Å². The van der Waals surface area contributed by atoms with Crippen LogP contribution in [0.2, 0.25) is 0 Å². The van der Waals surface area contributed by atoms with E-state index in [1.54, 1.807) is 0 Å². The maximum absolute atomic E-state index is 13.0. The molecule has 1 amide bonds. The van der Waals surface area contributed by atoms with Crippen LogP contribution in [0.25, 0.3) is 0 Å². The zero-order valence-corrected chi connectivity index (χ0v) is 15.6. The Balaban J connectivity index is 1.59. The van der Waals surface area contributed by atoms with Crippen LogP contribution in [0.4, 0.5) is 5.69 Å². The van der Waals surface area contributed by atoms with Crippen LogP contribution in [0.15, 0.2) is 24.3 Å². The molecule has 0 radical (unpaired) electrons. The van der Waals surface area contributed by atoms with Crippen LogP contribution in [-0.4, -0.2) is 48.2 Å². The summed E-state index contributed by atoms with van der Waals surface area (Å²) in [5.41, 5.74) is 1.71. The fourth-order valence-corrected chi connectivity index (χ4v) is 3.74. The quantitative estimate of drug-likeness (QED) is 0.869. The summed E-state index contributed by atoms with van der Waals surface area (Å²) in [7, 11) is 0. The normalized spacial score (nSPS) is 37.0. The summed E-state index contributed by atoms with van der Waals surface area (Å²) in [5, 5.41) is 2.92. The van der Waals surface area contributed by atoms with Crippen molar-refractivity contribution >= 4 is 11.6 Å². The number of nitrogens with one attached hydrogen (secondary N) is 1. The molecule has 3 heterocycles. The van der Waals surface area contributed by atoms with E-state index in [0.29, 0.717) is 0 Å². The van der Waals surface area contributed by atoms with Gasteiger partial charge in [0.1, 0.15) is 18.3 Å². The molecule has 0 spiro atoms. The lowest BCUT2D eigenvalue weighted by Gasteiger charge is -2.36. The van der Waals surface area contributed by atoms with Gasteiger partial charge in [0.2, 0.25) is 0 Å². The molecule has 26 heavy (non-hydrogen) atoms. The van der Waals surface area contributed by atoms with Gasteiger partial charge in [0, 0.05) is 5.69 Å². The Labute approximate surface area is 152 Å². The van der Waals surface area contributed by atoms with Crippen molar-refractivity contribution in [2.75, 3.05) is 5.32 Å². The predicted molar refractivity (Wildman–Crippen MR) is 92.3 cm³/mol. The van der Waals surface area contributed by atoms with Gasteiger partial charge in [0.25, 0.3) is 5.91 Å². The standard InChI is InChI=1S/C19H25NO6/c1-10-8-6-7-9-11(10)20-16(21)14-12-13(24-18(2,3)23-12)15-17(22-14)26-19(4,5)25-15/h6-9,12-15,17H,1-5H3,(H,20,21)/t12-,13+,14+,15+,17+/m0/s1. The van der Waals surface area contributed by atoms with E-state index >= 15 is 0 Å². The van der Waals surface area contributed by atoms with Gasteiger partial charge in [-0.25, -0.2) is 0 Å². The van der Waals surface area contributed by atoms with Crippen molar-refractivity contribution in [2.45, 2.75) is 76.9 Å². The SMILES string of the molecule is Cc1ccccc1NC(=O)[C@@H]1O[C@@H]2OC(C)(C)O[C@@H]2[C@@H]2OC(C)(C)O[C@@H]21. The molecule has 1 aromatic carbocycles. The van der Waals surface area contributed by atoms with Crippen LogP contribution in [0.3, 0.4) is 0 Å². The van der Waals surface area contributed by atoms with Gasteiger partial charge in [-0.1, -0.05) is 18.2 Å². The van der Waals surface area contributed by atoms with Crippen LogP contribution in [0.5, 0.6) is 0 Å². The largest absolute Gasteiger partial charge is 0.342 e. The molecule has 3 fully saturated rings. The molecule has 0 saturated carbocycles. The van der Waals surface area contributed by atoms with Gasteiger partial charge in [-0.3, -0.25) is 4.79 Å². The highest BCUT2D eigenvalue weighted by Crippen LogP contribution is 2.44. The summed E-state index contributed by atoms with van der Waals surface area (Å²) in [4.78, 5) is 13.0. The number of hydrogen-bond donors (Lipinski definition) is 1. The molecule has 3 saturated heterocycles. The van der Waals surface area contributed by atoms with Crippen LogP contribution in [0.1, 0.15) is 33.3 Å². The summed E-state index contributed by atoms with van der Waals surface area (Å²) in [5.74, 6) is -1.93. The van der Waals surface area contributed by atoms with Gasteiger partial charge in [0.15, 0.2) is 24.0 Å². The number of ether oxygens (including phenoxy) is 5. The lowest BCUT2D eigenvalue weighted by molar-refractivity contribution is -0.229. The van der Waals surface area contributed by atoms with E-state index in [1.165, 1.54) is 0 Å². The Morgan fingerprint density at radius 3 is 2.27 bits per heavy atom. The zero-order chi connectivity index (χ0) is 18.7. The van der Waals surface area contributed by atoms with Crippen LogP contribution < -0.4 is 5.32 Å². The minimum absolute atomic E-state index is 0.289. The number of rotatable bonds is 2. The number of fused-ring (bicyclic) bond motifs is 3. The number of para-hydroxylation sites is 1. The Bertz CT molecular complexity index is 718. The van der Waals surface area contributed by atoms with Crippen molar-refractivity contribution in [3.8, 4) is 0 Å². The minimum Gasteiger partial charge on any atom is -0.342 e. The van der Waals surface area contributed by atoms with Gasteiger partial charge in [-0.05, 0) is 46.2 Å². The topological polar surface area (TPSA) is 75.3 Å². The van der Waals surface area contributed by atoms with Gasteiger partial charge in [-0.15, -0.1) is 0 Å². The van der Waals surface area contributed by atoms with Crippen molar-refractivity contribution in [3.63, 3.8) is 0 Å². The summed E-state index contributed by atoms with van der Waals surface area (Å²) < 4.78 is 29.7. The third-order valence-corrected chi connectivity index (χ3v) is 4.82. The van der Waals surface area contributed by atoms with Gasteiger partial charge in [-0.2, -0.15) is 0 Å². The number of carbonyl (C=O) groups excluding carboxylic acids is 1. The lowest BCUT2D eigenvalue weighted by Crippen LogP contribution is -2.58. The van der Waals surface area contributed by atoms with E-state index in [4.69, 9.17) is 23.7 Å². The van der Waals surface area contributed by atoms with Gasteiger partial charge < -0.3 is 29.0 Å². The average Bonchev–Trinajstić information content (AvgIpc) is 3.02. The molecule has 7 heteroatoms. The molecule has 5 atom stereocenters. The van der Waals surface area contributed by atoms with Crippen molar-refractivity contribution < 1.29 is 28.5 Å². The van der Waals surface area contributed by atoms with E-state index in [-0.39, 0.29) is 5.91 Å². The number of hydrogen-bond acceptors (Lipinski definition) is 6.